The highest BCUT2D eigenvalue weighted by atomic mass is 35.5. The molecule has 2 aromatic heterocycles. The van der Waals surface area contributed by atoms with Gasteiger partial charge in [0, 0.05) is 28.7 Å². The minimum absolute atomic E-state index is 0.0201. The van der Waals surface area contributed by atoms with Gasteiger partial charge in [-0.1, -0.05) is 11.6 Å². The van der Waals surface area contributed by atoms with Gasteiger partial charge in [0.25, 0.3) is 0 Å². The van der Waals surface area contributed by atoms with Crippen molar-refractivity contribution in [3.63, 3.8) is 0 Å². The van der Waals surface area contributed by atoms with Crippen LogP contribution in [0, 0.1) is 17.1 Å². The maximum absolute atomic E-state index is 13.4. The van der Waals surface area contributed by atoms with Gasteiger partial charge >= 0.3 is 6.09 Å². The number of nitrogens with one attached hydrogen (secondary N) is 1. The fourth-order valence-electron chi connectivity index (χ4n) is 3.16. The first-order valence-electron chi connectivity index (χ1n) is 8.01. The second-order valence-electron chi connectivity index (χ2n) is 6.05. The van der Waals surface area contributed by atoms with Gasteiger partial charge < -0.3 is 15.3 Å². The molecule has 0 bridgehead atoms. The number of benzene rings is 1. The van der Waals surface area contributed by atoms with Gasteiger partial charge in [0.2, 0.25) is 0 Å². The third kappa shape index (κ3) is 3.05. The largest absolute Gasteiger partial charge is 0.465 e. The molecule has 0 radical (unpaired) electrons. The van der Waals surface area contributed by atoms with E-state index in [0.29, 0.717) is 36.4 Å². The molecule has 136 valence electrons. The van der Waals surface area contributed by atoms with Crippen LogP contribution in [-0.2, 0) is 13.0 Å². The van der Waals surface area contributed by atoms with E-state index in [1.165, 1.54) is 34.6 Å². The predicted octanol–water partition coefficient (Wildman–Crippen LogP) is 4.74. The molecule has 0 saturated carbocycles. The summed E-state index contributed by atoms with van der Waals surface area (Å²) in [5, 5.41) is 22.7. The van der Waals surface area contributed by atoms with E-state index in [4.69, 9.17) is 11.6 Å². The summed E-state index contributed by atoms with van der Waals surface area (Å²) in [7, 11) is 0. The third-order valence-electron chi connectivity index (χ3n) is 4.45. The smallest absolute Gasteiger partial charge is 0.407 e. The van der Waals surface area contributed by atoms with Crippen LogP contribution in [0.5, 0.6) is 0 Å². The molecule has 3 aromatic rings. The van der Waals surface area contributed by atoms with Gasteiger partial charge in [-0.2, -0.15) is 5.26 Å². The van der Waals surface area contributed by atoms with Crippen LogP contribution in [0.25, 0.3) is 10.2 Å². The zero-order chi connectivity index (χ0) is 19.1. The number of amides is 1. The number of thiophene rings is 1. The van der Waals surface area contributed by atoms with E-state index in [0.717, 1.165) is 20.7 Å². The first-order chi connectivity index (χ1) is 13.0. The number of halogens is 2. The summed E-state index contributed by atoms with van der Waals surface area (Å²) in [6, 6.07) is 6.37. The molecule has 0 fully saturated rings. The average Bonchev–Trinajstić information content (AvgIpc) is 3.03. The van der Waals surface area contributed by atoms with Crippen LogP contribution in [0.2, 0.25) is 5.02 Å². The lowest BCUT2D eigenvalue weighted by molar-refractivity contribution is 0.140. The number of nitriles is 1. The summed E-state index contributed by atoms with van der Waals surface area (Å²) < 4.78 is 13.4. The van der Waals surface area contributed by atoms with Crippen LogP contribution >= 0.6 is 22.9 Å². The van der Waals surface area contributed by atoms with Crippen LogP contribution in [0.1, 0.15) is 16.0 Å². The fraction of sp³-hybridized carbons (Fsp3) is 0.167. The molecule has 9 heteroatoms. The minimum atomic E-state index is -0.955. The Morgan fingerprint density at radius 2 is 2.30 bits per heavy atom. The molecule has 27 heavy (non-hydrogen) atoms. The molecular weight excluding hydrogens is 391 g/mol. The molecule has 0 atom stereocenters. The van der Waals surface area contributed by atoms with E-state index in [1.807, 2.05) is 0 Å². The van der Waals surface area contributed by atoms with Crippen molar-refractivity contribution >= 4 is 50.6 Å². The molecule has 0 aliphatic carbocycles. The molecule has 1 amide bonds. The highest BCUT2D eigenvalue weighted by Crippen LogP contribution is 2.40. The summed E-state index contributed by atoms with van der Waals surface area (Å²) in [5.41, 5.74) is 2.47. The Hall–Kier alpha value is -2.89. The van der Waals surface area contributed by atoms with E-state index >= 15 is 0 Å². The summed E-state index contributed by atoms with van der Waals surface area (Å²) in [5.74, 6) is -0.524. The Kier molecular flexibility index (Phi) is 4.34. The maximum atomic E-state index is 13.4. The highest BCUT2D eigenvalue weighted by Gasteiger charge is 2.26. The molecule has 0 unspecified atom stereocenters. The zero-order valence-corrected chi connectivity index (χ0v) is 15.4. The number of carbonyl (C=O) groups is 1. The standard InChI is InChI=1S/C18H12ClFN4O2S/c19-12-5-10(1-2-13(12)20)23-16-9(6-21)7-22-17-15(16)11-3-4-24(18(25)26)8-14(11)27-17/h1-2,5,7H,3-4,8H2,(H,22,23)(H,25,26). The minimum Gasteiger partial charge on any atom is -0.465 e. The molecule has 0 spiro atoms. The molecule has 6 nitrogen and oxygen atoms in total. The van der Waals surface area contributed by atoms with Crippen molar-refractivity contribution in [2.24, 2.45) is 0 Å². The summed E-state index contributed by atoms with van der Waals surface area (Å²) in [4.78, 5) is 18.6. The second-order valence-corrected chi connectivity index (χ2v) is 7.54. The van der Waals surface area contributed by atoms with Gasteiger partial charge in [0.05, 0.1) is 22.8 Å². The number of nitrogens with zero attached hydrogens (tertiary/aromatic N) is 3. The van der Waals surface area contributed by atoms with Gasteiger partial charge in [-0.05, 0) is 30.2 Å². The predicted molar refractivity (Wildman–Crippen MR) is 101 cm³/mol. The number of hydrogen-bond donors (Lipinski definition) is 2. The lowest BCUT2D eigenvalue weighted by atomic mass is 10.0. The van der Waals surface area contributed by atoms with Crippen LogP contribution in [-0.4, -0.2) is 27.6 Å². The van der Waals surface area contributed by atoms with Gasteiger partial charge in [0.1, 0.15) is 16.7 Å². The van der Waals surface area contributed by atoms with Gasteiger partial charge in [-0.3, -0.25) is 0 Å². The van der Waals surface area contributed by atoms with E-state index in [-0.39, 0.29) is 5.02 Å². The Morgan fingerprint density at radius 3 is 3.00 bits per heavy atom. The lowest BCUT2D eigenvalue weighted by Gasteiger charge is -2.24. The van der Waals surface area contributed by atoms with E-state index in [2.05, 4.69) is 16.4 Å². The van der Waals surface area contributed by atoms with Crippen molar-refractivity contribution in [3.05, 3.63) is 51.2 Å². The molecule has 1 aliphatic heterocycles. The fourth-order valence-corrected chi connectivity index (χ4v) is 4.55. The Morgan fingerprint density at radius 1 is 1.48 bits per heavy atom. The maximum Gasteiger partial charge on any atom is 0.407 e. The van der Waals surface area contributed by atoms with Crippen LogP contribution in [0.4, 0.5) is 20.6 Å². The number of aromatic nitrogens is 1. The molecular formula is C18H12ClFN4O2S. The first-order valence-corrected chi connectivity index (χ1v) is 9.20. The number of rotatable bonds is 2. The molecule has 4 rings (SSSR count). The van der Waals surface area contributed by atoms with Crippen LogP contribution < -0.4 is 5.32 Å². The summed E-state index contributed by atoms with van der Waals surface area (Å²) >= 11 is 7.28. The molecule has 0 saturated heterocycles. The number of carboxylic acid groups (broad SMARTS) is 1. The Labute approximate surface area is 162 Å². The highest BCUT2D eigenvalue weighted by molar-refractivity contribution is 7.19. The summed E-state index contributed by atoms with van der Waals surface area (Å²) in [6.45, 7) is 0.683. The second kappa shape index (κ2) is 6.68. The van der Waals surface area contributed by atoms with Crippen molar-refractivity contribution in [3.8, 4) is 6.07 Å². The molecule has 1 aromatic carbocycles. The Bertz CT molecular complexity index is 1120. The van der Waals surface area contributed by atoms with Crippen LogP contribution in [0.3, 0.4) is 0 Å². The number of anilines is 2. The quantitative estimate of drug-likeness (QED) is 0.646. The van der Waals surface area contributed by atoms with Crippen LogP contribution in [0.15, 0.2) is 24.4 Å². The average molecular weight is 403 g/mol. The van der Waals surface area contributed by atoms with Crippen molar-refractivity contribution in [1.82, 2.24) is 9.88 Å². The van der Waals surface area contributed by atoms with Gasteiger partial charge in [-0.25, -0.2) is 14.2 Å². The monoisotopic (exact) mass is 402 g/mol. The van der Waals surface area contributed by atoms with E-state index < -0.39 is 11.9 Å². The van der Waals surface area contributed by atoms with E-state index in [1.54, 1.807) is 6.07 Å². The topological polar surface area (TPSA) is 89.3 Å². The SMILES string of the molecule is N#Cc1cnc2sc3c(c2c1Nc1ccc(F)c(Cl)c1)CCN(C(=O)O)C3. The van der Waals surface area contributed by atoms with Gasteiger partial charge in [0.15, 0.2) is 0 Å². The number of pyridine rings is 1. The number of fused-ring (bicyclic) bond motifs is 3. The third-order valence-corrected chi connectivity index (χ3v) is 5.86. The van der Waals surface area contributed by atoms with Crippen molar-refractivity contribution in [2.75, 3.05) is 11.9 Å². The normalized spacial score (nSPS) is 13.3. The van der Waals surface area contributed by atoms with Crippen molar-refractivity contribution < 1.29 is 14.3 Å². The van der Waals surface area contributed by atoms with Crippen molar-refractivity contribution in [1.29, 1.82) is 5.26 Å². The lowest BCUT2D eigenvalue weighted by Crippen LogP contribution is -2.34. The first kappa shape index (κ1) is 17.5. The Balaban J connectivity index is 1.85. The molecule has 1 aliphatic rings. The van der Waals surface area contributed by atoms with Gasteiger partial charge in [-0.15, -0.1) is 11.3 Å². The number of hydrogen-bond acceptors (Lipinski definition) is 5. The molecule has 3 heterocycles. The molecule has 2 N–H and O–H groups in total. The van der Waals surface area contributed by atoms with E-state index in [9.17, 15) is 19.6 Å². The van der Waals surface area contributed by atoms with Crippen molar-refractivity contribution in [2.45, 2.75) is 13.0 Å². The summed E-state index contributed by atoms with van der Waals surface area (Å²) in [6.07, 6.45) is 1.06. The zero-order valence-electron chi connectivity index (χ0n) is 13.8.